The Hall–Kier alpha value is -1.38. The highest BCUT2D eigenvalue weighted by Crippen LogP contribution is 2.05. The van der Waals surface area contributed by atoms with Gasteiger partial charge in [-0.15, -0.1) is 0 Å². The van der Waals surface area contributed by atoms with Gasteiger partial charge in [0, 0.05) is 12.7 Å². The van der Waals surface area contributed by atoms with Crippen LogP contribution in [0.3, 0.4) is 0 Å². The average Bonchev–Trinajstić information content (AvgIpc) is 2.52. The van der Waals surface area contributed by atoms with E-state index >= 15 is 0 Å². The van der Waals surface area contributed by atoms with Gasteiger partial charge in [-0.3, -0.25) is 9.48 Å². The van der Waals surface area contributed by atoms with Crippen molar-refractivity contribution < 1.29 is 4.79 Å². The van der Waals surface area contributed by atoms with E-state index in [0.29, 0.717) is 11.1 Å². The van der Waals surface area contributed by atoms with Crippen LogP contribution in [0, 0.1) is 0 Å². The fourth-order valence-electron chi connectivity index (χ4n) is 1.08. The summed E-state index contributed by atoms with van der Waals surface area (Å²) in [6, 6.07) is 0. The Morgan fingerprint density at radius 1 is 1.69 bits per heavy atom. The minimum Gasteiger partial charge on any atom is -0.289 e. The molecule has 1 aromatic heterocycles. The van der Waals surface area contributed by atoms with Gasteiger partial charge in [0.1, 0.15) is 0 Å². The van der Waals surface area contributed by atoms with Crippen molar-refractivity contribution in [3.63, 3.8) is 0 Å². The quantitative estimate of drug-likeness (QED) is 0.522. The number of nitrogens with zero attached hydrogens (tertiary/aromatic N) is 2. The molecular weight excluding hydrogens is 164 g/mol. The largest absolute Gasteiger partial charge is 0.289 e. The van der Waals surface area contributed by atoms with Crippen molar-refractivity contribution >= 4 is 5.78 Å². The number of ketones is 1. The molecule has 0 aromatic carbocycles. The van der Waals surface area contributed by atoms with Crippen LogP contribution in [0.1, 0.15) is 30.6 Å². The van der Waals surface area contributed by atoms with Gasteiger partial charge in [0.05, 0.1) is 11.8 Å². The number of aromatic nitrogens is 2. The number of carbonyl (C=O) groups is 1. The topological polar surface area (TPSA) is 34.9 Å². The van der Waals surface area contributed by atoms with Crippen molar-refractivity contribution in [1.29, 1.82) is 0 Å². The lowest BCUT2D eigenvalue weighted by Gasteiger charge is -1.95. The molecule has 1 heterocycles. The third-order valence-electron chi connectivity index (χ3n) is 1.74. The first-order valence-electron chi connectivity index (χ1n) is 4.37. The summed E-state index contributed by atoms with van der Waals surface area (Å²) in [6.45, 7) is 8.23. The van der Waals surface area contributed by atoms with Crippen molar-refractivity contribution in [2.24, 2.45) is 0 Å². The van der Waals surface area contributed by atoms with Crippen LogP contribution in [0.2, 0.25) is 0 Å². The number of carbonyl (C=O) groups excluding carboxylic acids is 1. The molecule has 0 amide bonds. The second-order valence-corrected chi connectivity index (χ2v) is 3.10. The summed E-state index contributed by atoms with van der Waals surface area (Å²) < 4.78 is 1.77. The lowest BCUT2D eigenvalue weighted by molar-refractivity contribution is 0.103. The van der Waals surface area contributed by atoms with E-state index in [2.05, 4.69) is 18.6 Å². The van der Waals surface area contributed by atoms with Crippen molar-refractivity contribution in [3.8, 4) is 0 Å². The van der Waals surface area contributed by atoms with Gasteiger partial charge in [-0.1, -0.05) is 13.5 Å². The summed E-state index contributed by atoms with van der Waals surface area (Å²) in [5.41, 5.74) is 1.18. The summed E-state index contributed by atoms with van der Waals surface area (Å²) in [4.78, 5) is 11.4. The van der Waals surface area contributed by atoms with Gasteiger partial charge in [-0.05, 0) is 18.9 Å². The fraction of sp³-hybridized carbons (Fsp3) is 0.400. The lowest BCUT2D eigenvalue weighted by Crippen LogP contribution is -1.99. The highest BCUT2D eigenvalue weighted by Gasteiger charge is 2.08. The maximum absolute atomic E-state index is 11.4. The van der Waals surface area contributed by atoms with Gasteiger partial charge in [-0.25, -0.2) is 0 Å². The Labute approximate surface area is 78.1 Å². The highest BCUT2D eigenvalue weighted by atomic mass is 16.1. The fourth-order valence-corrected chi connectivity index (χ4v) is 1.08. The molecule has 0 saturated carbocycles. The predicted molar refractivity (Wildman–Crippen MR) is 51.7 cm³/mol. The maximum atomic E-state index is 11.4. The van der Waals surface area contributed by atoms with Crippen molar-refractivity contribution in [2.45, 2.75) is 26.8 Å². The number of Topliss-reactive ketones (excluding diaryl/α,β-unsaturated/α-hetero) is 1. The van der Waals surface area contributed by atoms with E-state index in [-0.39, 0.29) is 5.78 Å². The van der Waals surface area contributed by atoms with Crippen LogP contribution in [0.25, 0.3) is 0 Å². The van der Waals surface area contributed by atoms with E-state index in [1.54, 1.807) is 24.0 Å². The van der Waals surface area contributed by atoms with Crippen LogP contribution in [-0.4, -0.2) is 15.6 Å². The van der Waals surface area contributed by atoms with Crippen LogP contribution >= 0.6 is 0 Å². The molecule has 1 rings (SSSR count). The van der Waals surface area contributed by atoms with E-state index in [1.165, 1.54) is 0 Å². The smallest absolute Gasteiger partial charge is 0.191 e. The monoisotopic (exact) mass is 178 g/mol. The molecule has 0 aliphatic heterocycles. The SMILES string of the molecule is C=C(C)C(=O)c1cnn(CCC)c1. The summed E-state index contributed by atoms with van der Waals surface area (Å²) in [5.74, 6) is -0.0256. The summed E-state index contributed by atoms with van der Waals surface area (Å²) in [7, 11) is 0. The van der Waals surface area contributed by atoms with Crippen LogP contribution in [0.4, 0.5) is 0 Å². The van der Waals surface area contributed by atoms with Crippen molar-refractivity contribution in [1.82, 2.24) is 9.78 Å². The Kier molecular flexibility index (Phi) is 3.01. The summed E-state index contributed by atoms with van der Waals surface area (Å²) in [5, 5.41) is 4.06. The van der Waals surface area contributed by atoms with E-state index in [9.17, 15) is 4.79 Å². The van der Waals surface area contributed by atoms with Gasteiger partial charge >= 0.3 is 0 Å². The highest BCUT2D eigenvalue weighted by molar-refractivity contribution is 6.07. The molecule has 0 fully saturated rings. The first-order chi connectivity index (χ1) is 6.15. The molecule has 70 valence electrons. The number of hydrogen-bond donors (Lipinski definition) is 0. The molecule has 0 spiro atoms. The standard InChI is InChI=1S/C10H14N2O/c1-4-5-12-7-9(6-11-12)10(13)8(2)3/h6-7H,2,4-5H2,1,3H3. The predicted octanol–water partition coefficient (Wildman–Crippen LogP) is 2.05. The van der Waals surface area contributed by atoms with Gasteiger partial charge < -0.3 is 0 Å². The molecular formula is C10H14N2O. The molecule has 0 unspecified atom stereocenters. The van der Waals surface area contributed by atoms with Crippen LogP contribution in [0.15, 0.2) is 24.5 Å². The van der Waals surface area contributed by atoms with Crippen LogP contribution < -0.4 is 0 Å². The second kappa shape index (κ2) is 4.03. The first kappa shape index (κ1) is 9.71. The van der Waals surface area contributed by atoms with E-state index < -0.39 is 0 Å². The Bertz CT molecular complexity index is 325. The molecule has 0 N–H and O–H groups in total. The molecule has 0 bridgehead atoms. The average molecular weight is 178 g/mol. The molecule has 0 atom stereocenters. The zero-order valence-electron chi connectivity index (χ0n) is 8.08. The molecule has 0 aliphatic rings. The Morgan fingerprint density at radius 3 is 2.92 bits per heavy atom. The van der Waals surface area contributed by atoms with Gasteiger partial charge in [0.25, 0.3) is 0 Å². The van der Waals surface area contributed by atoms with Crippen molar-refractivity contribution in [2.75, 3.05) is 0 Å². The maximum Gasteiger partial charge on any atom is 0.191 e. The molecule has 0 radical (unpaired) electrons. The summed E-state index contributed by atoms with van der Waals surface area (Å²) in [6.07, 6.45) is 4.37. The second-order valence-electron chi connectivity index (χ2n) is 3.10. The molecule has 3 heteroatoms. The number of rotatable bonds is 4. The van der Waals surface area contributed by atoms with Gasteiger partial charge in [-0.2, -0.15) is 5.10 Å². The number of allylic oxidation sites excluding steroid dienone is 1. The third-order valence-corrected chi connectivity index (χ3v) is 1.74. The van der Waals surface area contributed by atoms with Crippen molar-refractivity contribution in [3.05, 3.63) is 30.1 Å². The zero-order valence-corrected chi connectivity index (χ0v) is 8.08. The molecule has 0 aliphatic carbocycles. The lowest BCUT2D eigenvalue weighted by atomic mass is 10.1. The van der Waals surface area contributed by atoms with Crippen LogP contribution in [0.5, 0.6) is 0 Å². The number of hydrogen-bond acceptors (Lipinski definition) is 2. The van der Waals surface area contributed by atoms with Gasteiger partial charge in [0.15, 0.2) is 5.78 Å². The van der Waals surface area contributed by atoms with E-state index in [0.717, 1.165) is 13.0 Å². The normalized spacial score (nSPS) is 10.0. The molecule has 3 nitrogen and oxygen atoms in total. The van der Waals surface area contributed by atoms with Gasteiger partial charge in [0.2, 0.25) is 0 Å². The number of aryl methyl sites for hydroxylation is 1. The third kappa shape index (κ3) is 2.28. The molecule has 1 aromatic rings. The molecule has 0 saturated heterocycles. The van der Waals surface area contributed by atoms with Crippen LogP contribution in [-0.2, 0) is 6.54 Å². The summed E-state index contributed by atoms with van der Waals surface area (Å²) >= 11 is 0. The Morgan fingerprint density at radius 2 is 2.38 bits per heavy atom. The van der Waals surface area contributed by atoms with E-state index in [1.807, 2.05) is 0 Å². The zero-order chi connectivity index (χ0) is 9.84. The first-order valence-corrected chi connectivity index (χ1v) is 4.37. The minimum absolute atomic E-state index is 0.0256. The Balaban J connectivity index is 2.79. The minimum atomic E-state index is -0.0256. The van der Waals surface area contributed by atoms with E-state index in [4.69, 9.17) is 0 Å². The molecule has 13 heavy (non-hydrogen) atoms.